The molecule has 84 valence electrons. The SMILES string of the molecule is CCC(CCO)CNc1ccc(N)nn1. The van der Waals surface area contributed by atoms with Gasteiger partial charge in [-0.3, -0.25) is 0 Å². The molecule has 0 fully saturated rings. The van der Waals surface area contributed by atoms with E-state index in [-0.39, 0.29) is 6.61 Å². The number of nitrogens with one attached hydrogen (secondary N) is 1. The second-order valence-corrected chi connectivity index (χ2v) is 3.51. The van der Waals surface area contributed by atoms with Crippen molar-refractivity contribution >= 4 is 11.6 Å². The van der Waals surface area contributed by atoms with Gasteiger partial charge in [-0.25, -0.2) is 0 Å². The Morgan fingerprint density at radius 1 is 1.47 bits per heavy atom. The zero-order valence-corrected chi connectivity index (χ0v) is 8.98. The van der Waals surface area contributed by atoms with Crippen LogP contribution in [0.4, 0.5) is 11.6 Å². The van der Waals surface area contributed by atoms with Gasteiger partial charge in [0.05, 0.1) is 0 Å². The van der Waals surface area contributed by atoms with Gasteiger partial charge in [-0.1, -0.05) is 13.3 Å². The lowest BCUT2D eigenvalue weighted by Gasteiger charge is -2.14. The molecule has 0 radical (unpaired) electrons. The Balaban J connectivity index is 2.38. The third-order valence-corrected chi connectivity index (χ3v) is 2.37. The van der Waals surface area contributed by atoms with E-state index < -0.39 is 0 Å². The number of anilines is 2. The predicted octanol–water partition coefficient (Wildman–Crippen LogP) is 0.879. The average molecular weight is 210 g/mol. The topological polar surface area (TPSA) is 84.1 Å². The van der Waals surface area contributed by atoms with Crippen LogP contribution in [-0.2, 0) is 0 Å². The van der Waals surface area contributed by atoms with Crippen LogP contribution in [0, 0.1) is 5.92 Å². The van der Waals surface area contributed by atoms with Gasteiger partial charge in [-0.2, -0.15) is 0 Å². The molecule has 4 N–H and O–H groups in total. The first-order valence-electron chi connectivity index (χ1n) is 5.20. The van der Waals surface area contributed by atoms with Crippen molar-refractivity contribution < 1.29 is 5.11 Å². The highest BCUT2D eigenvalue weighted by molar-refractivity contribution is 5.38. The molecule has 0 aliphatic carbocycles. The molecule has 1 aromatic rings. The van der Waals surface area contributed by atoms with Crippen LogP contribution in [0.1, 0.15) is 19.8 Å². The third-order valence-electron chi connectivity index (χ3n) is 2.37. The molecule has 1 heterocycles. The van der Waals surface area contributed by atoms with Gasteiger partial charge < -0.3 is 16.2 Å². The van der Waals surface area contributed by atoms with Crippen molar-refractivity contribution in [3.8, 4) is 0 Å². The highest BCUT2D eigenvalue weighted by Crippen LogP contribution is 2.09. The summed E-state index contributed by atoms with van der Waals surface area (Å²) in [5.74, 6) is 1.61. The molecule has 15 heavy (non-hydrogen) atoms. The predicted molar refractivity (Wildman–Crippen MR) is 60.4 cm³/mol. The molecule has 1 rings (SSSR count). The lowest BCUT2D eigenvalue weighted by atomic mass is 10.0. The van der Waals surface area contributed by atoms with Gasteiger partial charge in [0.2, 0.25) is 0 Å². The molecule has 0 amide bonds. The normalized spacial score (nSPS) is 12.4. The lowest BCUT2D eigenvalue weighted by molar-refractivity contribution is 0.258. The molecule has 0 bridgehead atoms. The minimum absolute atomic E-state index is 0.230. The summed E-state index contributed by atoms with van der Waals surface area (Å²) in [4.78, 5) is 0. The maximum absolute atomic E-state index is 8.83. The van der Waals surface area contributed by atoms with E-state index in [2.05, 4.69) is 22.4 Å². The first kappa shape index (κ1) is 11.7. The van der Waals surface area contributed by atoms with Crippen molar-refractivity contribution in [2.45, 2.75) is 19.8 Å². The summed E-state index contributed by atoms with van der Waals surface area (Å²) in [6.45, 7) is 3.14. The molecule has 5 heteroatoms. The molecule has 0 spiro atoms. The number of nitrogens with zero attached hydrogens (tertiary/aromatic N) is 2. The quantitative estimate of drug-likeness (QED) is 0.649. The molecule has 0 saturated heterocycles. The third kappa shape index (κ3) is 4.12. The maximum Gasteiger partial charge on any atom is 0.148 e. The van der Waals surface area contributed by atoms with E-state index in [1.54, 1.807) is 12.1 Å². The van der Waals surface area contributed by atoms with Crippen molar-refractivity contribution in [2.24, 2.45) is 5.92 Å². The molecule has 1 aromatic heterocycles. The second kappa shape index (κ2) is 6.19. The summed E-state index contributed by atoms with van der Waals surface area (Å²) in [7, 11) is 0. The van der Waals surface area contributed by atoms with Crippen molar-refractivity contribution in [3.63, 3.8) is 0 Å². The Labute approximate surface area is 89.7 Å². The van der Waals surface area contributed by atoms with Crippen LogP contribution in [0.5, 0.6) is 0 Å². The van der Waals surface area contributed by atoms with E-state index in [4.69, 9.17) is 10.8 Å². The number of nitrogens with two attached hydrogens (primary N) is 1. The van der Waals surface area contributed by atoms with Crippen LogP contribution in [0.15, 0.2) is 12.1 Å². The van der Waals surface area contributed by atoms with E-state index in [1.165, 1.54) is 0 Å². The Kier molecular flexibility index (Phi) is 4.83. The average Bonchev–Trinajstić information content (AvgIpc) is 2.26. The zero-order valence-electron chi connectivity index (χ0n) is 8.98. The van der Waals surface area contributed by atoms with Crippen molar-refractivity contribution in [1.29, 1.82) is 0 Å². The summed E-state index contributed by atoms with van der Waals surface area (Å²) >= 11 is 0. The monoisotopic (exact) mass is 210 g/mol. The standard InChI is InChI=1S/C10H18N4O/c1-2-8(5-6-15)7-12-10-4-3-9(11)13-14-10/h3-4,8,15H,2,5-7H2,1H3,(H2,11,13)(H,12,14). The smallest absolute Gasteiger partial charge is 0.148 e. The molecule has 1 unspecified atom stereocenters. The first-order chi connectivity index (χ1) is 7.26. The molecule has 0 saturated carbocycles. The number of aromatic nitrogens is 2. The number of hydrogen-bond donors (Lipinski definition) is 3. The fraction of sp³-hybridized carbons (Fsp3) is 0.600. The van der Waals surface area contributed by atoms with Crippen LogP contribution < -0.4 is 11.1 Å². The largest absolute Gasteiger partial charge is 0.396 e. The van der Waals surface area contributed by atoms with E-state index in [9.17, 15) is 0 Å². The lowest BCUT2D eigenvalue weighted by Crippen LogP contribution is -2.15. The molecule has 0 aromatic carbocycles. The Hall–Kier alpha value is -1.36. The Bertz CT molecular complexity index is 275. The molecule has 1 atom stereocenters. The van der Waals surface area contributed by atoms with Crippen LogP contribution in [-0.4, -0.2) is 28.5 Å². The van der Waals surface area contributed by atoms with Gasteiger partial charge in [0.1, 0.15) is 11.6 Å². The fourth-order valence-electron chi connectivity index (χ4n) is 1.32. The minimum atomic E-state index is 0.230. The van der Waals surface area contributed by atoms with E-state index in [0.717, 1.165) is 25.2 Å². The zero-order chi connectivity index (χ0) is 11.1. The van der Waals surface area contributed by atoms with E-state index in [1.807, 2.05) is 0 Å². The Morgan fingerprint density at radius 2 is 2.27 bits per heavy atom. The minimum Gasteiger partial charge on any atom is -0.396 e. The number of hydrogen-bond acceptors (Lipinski definition) is 5. The summed E-state index contributed by atoms with van der Waals surface area (Å²) < 4.78 is 0. The molecular weight excluding hydrogens is 192 g/mol. The van der Waals surface area contributed by atoms with Gasteiger partial charge in [0, 0.05) is 13.2 Å². The number of nitrogen functional groups attached to an aromatic ring is 1. The number of aliphatic hydroxyl groups is 1. The Morgan fingerprint density at radius 3 is 2.80 bits per heavy atom. The van der Waals surface area contributed by atoms with Crippen molar-refractivity contribution in [3.05, 3.63) is 12.1 Å². The molecule has 0 aliphatic rings. The van der Waals surface area contributed by atoms with E-state index in [0.29, 0.717) is 11.7 Å². The first-order valence-corrected chi connectivity index (χ1v) is 5.20. The van der Waals surface area contributed by atoms with Crippen molar-refractivity contribution in [1.82, 2.24) is 10.2 Å². The van der Waals surface area contributed by atoms with Crippen LogP contribution in [0.3, 0.4) is 0 Å². The van der Waals surface area contributed by atoms with Crippen molar-refractivity contribution in [2.75, 3.05) is 24.2 Å². The second-order valence-electron chi connectivity index (χ2n) is 3.51. The highest BCUT2D eigenvalue weighted by atomic mass is 16.3. The van der Waals surface area contributed by atoms with Gasteiger partial charge >= 0.3 is 0 Å². The van der Waals surface area contributed by atoms with Crippen LogP contribution >= 0.6 is 0 Å². The maximum atomic E-state index is 8.83. The highest BCUT2D eigenvalue weighted by Gasteiger charge is 2.05. The van der Waals surface area contributed by atoms with Gasteiger partial charge in [0.15, 0.2) is 0 Å². The van der Waals surface area contributed by atoms with E-state index >= 15 is 0 Å². The summed E-state index contributed by atoms with van der Waals surface area (Å²) in [6.07, 6.45) is 1.85. The fourth-order valence-corrected chi connectivity index (χ4v) is 1.32. The molecule has 5 nitrogen and oxygen atoms in total. The summed E-state index contributed by atoms with van der Waals surface area (Å²) in [6, 6.07) is 3.51. The number of aliphatic hydroxyl groups excluding tert-OH is 1. The van der Waals surface area contributed by atoms with Crippen LogP contribution in [0.25, 0.3) is 0 Å². The molecule has 0 aliphatic heterocycles. The number of rotatable bonds is 6. The van der Waals surface area contributed by atoms with Gasteiger partial charge in [-0.15, -0.1) is 10.2 Å². The summed E-state index contributed by atoms with van der Waals surface area (Å²) in [5.41, 5.74) is 5.42. The summed E-state index contributed by atoms with van der Waals surface area (Å²) in [5, 5.41) is 19.6. The van der Waals surface area contributed by atoms with Gasteiger partial charge in [0.25, 0.3) is 0 Å². The van der Waals surface area contributed by atoms with Gasteiger partial charge in [-0.05, 0) is 24.5 Å². The molecular formula is C10H18N4O. The van der Waals surface area contributed by atoms with Crippen LogP contribution in [0.2, 0.25) is 0 Å².